The van der Waals surface area contributed by atoms with Crippen LogP contribution in [0.2, 0.25) is 0 Å². The molecule has 0 saturated heterocycles. The summed E-state index contributed by atoms with van der Waals surface area (Å²) in [6, 6.07) is 12.2. The number of halogens is 1. The standard InChI is InChI=1S/C17H17BrO2/c1-10-7-16(20-2)14(9-15(10)18)17(19)13-8-11-5-3-4-6-12(11)13/h3-7,9,13,17,19H,8H2,1-2H3. The Bertz CT molecular complexity index is 651. The summed E-state index contributed by atoms with van der Waals surface area (Å²) in [5.74, 6) is 0.914. The van der Waals surface area contributed by atoms with Crippen molar-refractivity contribution in [3.8, 4) is 5.75 Å². The van der Waals surface area contributed by atoms with Gasteiger partial charge in [0.2, 0.25) is 0 Å². The number of hydrogen-bond acceptors (Lipinski definition) is 2. The summed E-state index contributed by atoms with van der Waals surface area (Å²) in [6.07, 6.45) is 0.392. The Balaban J connectivity index is 1.96. The van der Waals surface area contributed by atoms with E-state index in [9.17, 15) is 5.11 Å². The lowest BCUT2D eigenvalue weighted by Gasteiger charge is -2.34. The van der Waals surface area contributed by atoms with Crippen molar-refractivity contribution in [3.05, 3.63) is 63.1 Å². The van der Waals surface area contributed by atoms with Gasteiger partial charge in [0.1, 0.15) is 5.75 Å². The van der Waals surface area contributed by atoms with Crippen LogP contribution in [-0.4, -0.2) is 12.2 Å². The van der Waals surface area contributed by atoms with E-state index in [-0.39, 0.29) is 5.92 Å². The van der Waals surface area contributed by atoms with Crippen LogP contribution in [0.25, 0.3) is 0 Å². The molecule has 0 amide bonds. The third-order valence-corrected chi connectivity index (χ3v) is 4.96. The number of hydrogen-bond donors (Lipinski definition) is 1. The maximum Gasteiger partial charge on any atom is 0.125 e. The number of benzene rings is 2. The molecular formula is C17H17BrO2. The Hall–Kier alpha value is -1.32. The molecule has 1 N–H and O–H groups in total. The summed E-state index contributed by atoms with van der Waals surface area (Å²) >= 11 is 3.53. The van der Waals surface area contributed by atoms with E-state index in [4.69, 9.17) is 4.74 Å². The number of aliphatic hydroxyl groups excluding tert-OH is 1. The summed E-state index contributed by atoms with van der Waals surface area (Å²) in [7, 11) is 1.65. The quantitative estimate of drug-likeness (QED) is 0.915. The molecule has 0 aromatic heterocycles. The lowest BCUT2D eigenvalue weighted by atomic mass is 9.73. The van der Waals surface area contributed by atoms with Crippen LogP contribution < -0.4 is 4.74 Å². The Labute approximate surface area is 127 Å². The first kappa shape index (κ1) is 13.7. The van der Waals surface area contributed by atoms with E-state index in [1.807, 2.05) is 31.2 Å². The van der Waals surface area contributed by atoms with Gasteiger partial charge in [-0.25, -0.2) is 0 Å². The first-order valence-electron chi connectivity index (χ1n) is 6.71. The number of rotatable bonds is 3. The summed E-state index contributed by atoms with van der Waals surface area (Å²) in [4.78, 5) is 0. The lowest BCUT2D eigenvalue weighted by Crippen LogP contribution is -2.24. The Morgan fingerprint density at radius 1 is 1.30 bits per heavy atom. The van der Waals surface area contributed by atoms with Crippen molar-refractivity contribution >= 4 is 15.9 Å². The highest BCUT2D eigenvalue weighted by Crippen LogP contribution is 2.46. The maximum absolute atomic E-state index is 10.7. The highest BCUT2D eigenvalue weighted by atomic mass is 79.9. The van der Waals surface area contributed by atoms with E-state index in [0.29, 0.717) is 0 Å². The van der Waals surface area contributed by atoms with Gasteiger partial charge in [-0.1, -0.05) is 40.2 Å². The molecule has 2 nitrogen and oxygen atoms in total. The fraction of sp³-hybridized carbons (Fsp3) is 0.294. The number of aliphatic hydroxyl groups is 1. The van der Waals surface area contributed by atoms with Crippen LogP contribution in [-0.2, 0) is 6.42 Å². The SMILES string of the molecule is COc1cc(C)c(Br)cc1C(O)C1Cc2ccccc21. The second-order valence-corrected chi connectivity index (χ2v) is 6.15. The van der Waals surface area contributed by atoms with E-state index in [1.54, 1.807) is 7.11 Å². The molecule has 0 aliphatic heterocycles. The van der Waals surface area contributed by atoms with Gasteiger partial charge in [-0.2, -0.15) is 0 Å². The fourth-order valence-electron chi connectivity index (χ4n) is 2.87. The third kappa shape index (κ3) is 2.15. The average molecular weight is 333 g/mol. The van der Waals surface area contributed by atoms with Crippen LogP contribution >= 0.6 is 15.9 Å². The minimum absolute atomic E-state index is 0.162. The van der Waals surface area contributed by atoms with Crippen LogP contribution in [0.3, 0.4) is 0 Å². The molecule has 1 aliphatic carbocycles. The molecule has 0 radical (unpaired) electrons. The molecule has 3 heteroatoms. The molecule has 2 atom stereocenters. The molecule has 0 saturated carbocycles. The van der Waals surface area contributed by atoms with Crippen molar-refractivity contribution < 1.29 is 9.84 Å². The summed E-state index contributed by atoms with van der Waals surface area (Å²) in [5.41, 5.74) is 4.54. The molecule has 0 fully saturated rings. The largest absolute Gasteiger partial charge is 0.496 e. The third-order valence-electron chi connectivity index (χ3n) is 4.11. The molecule has 2 aromatic rings. The van der Waals surface area contributed by atoms with Crippen molar-refractivity contribution in [1.82, 2.24) is 0 Å². The van der Waals surface area contributed by atoms with Crippen molar-refractivity contribution in [2.45, 2.75) is 25.4 Å². The van der Waals surface area contributed by atoms with Crippen LogP contribution in [0, 0.1) is 6.92 Å². The minimum atomic E-state index is -0.531. The van der Waals surface area contributed by atoms with Gasteiger partial charge in [0.25, 0.3) is 0 Å². The van der Waals surface area contributed by atoms with Gasteiger partial charge >= 0.3 is 0 Å². The summed E-state index contributed by atoms with van der Waals surface area (Å²) in [6.45, 7) is 2.02. The molecule has 104 valence electrons. The van der Waals surface area contributed by atoms with Gasteiger partial charge in [-0.15, -0.1) is 0 Å². The average Bonchev–Trinajstić information content (AvgIpc) is 2.42. The molecule has 2 unspecified atom stereocenters. The monoisotopic (exact) mass is 332 g/mol. The van der Waals surface area contributed by atoms with Gasteiger partial charge < -0.3 is 9.84 Å². The van der Waals surface area contributed by atoms with Crippen LogP contribution in [0.5, 0.6) is 5.75 Å². The van der Waals surface area contributed by atoms with E-state index in [2.05, 4.69) is 28.1 Å². The molecular weight excluding hydrogens is 316 g/mol. The summed E-state index contributed by atoms with van der Waals surface area (Å²) < 4.78 is 6.43. The zero-order valence-corrected chi connectivity index (χ0v) is 13.1. The normalized spacial score (nSPS) is 18.1. The van der Waals surface area contributed by atoms with E-state index >= 15 is 0 Å². The molecule has 20 heavy (non-hydrogen) atoms. The molecule has 2 aromatic carbocycles. The predicted molar refractivity (Wildman–Crippen MR) is 83.3 cm³/mol. The van der Waals surface area contributed by atoms with Crippen molar-refractivity contribution in [1.29, 1.82) is 0 Å². The number of aryl methyl sites for hydroxylation is 1. The first-order valence-corrected chi connectivity index (χ1v) is 7.51. The molecule has 1 aliphatic rings. The number of ether oxygens (including phenoxy) is 1. The van der Waals surface area contributed by atoms with E-state index in [0.717, 1.165) is 27.8 Å². The van der Waals surface area contributed by atoms with Gasteiger partial charge in [0.15, 0.2) is 0 Å². The van der Waals surface area contributed by atoms with Crippen molar-refractivity contribution in [3.63, 3.8) is 0 Å². The van der Waals surface area contributed by atoms with Crippen molar-refractivity contribution in [2.24, 2.45) is 0 Å². The molecule has 0 bridgehead atoms. The fourth-order valence-corrected chi connectivity index (χ4v) is 3.24. The Kier molecular flexibility index (Phi) is 3.57. The van der Waals surface area contributed by atoms with Crippen LogP contribution in [0.4, 0.5) is 0 Å². The van der Waals surface area contributed by atoms with Gasteiger partial charge in [0, 0.05) is 16.0 Å². The van der Waals surface area contributed by atoms with Gasteiger partial charge in [0.05, 0.1) is 13.2 Å². The topological polar surface area (TPSA) is 29.5 Å². The van der Waals surface area contributed by atoms with Crippen molar-refractivity contribution in [2.75, 3.05) is 7.11 Å². The highest BCUT2D eigenvalue weighted by Gasteiger charge is 2.34. The molecule has 3 rings (SSSR count). The van der Waals surface area contributed by atoms with E-state index < -0.39 is 6.10 Å². The summed E-state index contributed by atoms with van der Waals surface area (Å²) in [5, 5.41) is 10.7. The van der Waals surface area contributed by atoms with Crippen LogP contribution in [0.15, 0.2) is 40.9 Å². The Morgan fingerprint density at radius 2 is 2.05 bits per heavy atom. The zero-order chi connectivity index (χ0) is 14.3. The Morgan fingerprint density at radius 3 is 2.75 bits per heavy atom. The van der Waals surface area contributed by atoms with E-state index in [1.165, 1.54) is 11.1 Å². The number of fused-ring (bicyclic) bond motifs is 1. The van der Waals surface area contributed by atoms with Gasteiger partial charge in [-0.05, 0) is 42.2 Å². The maximum atomic E-state index is 10.7. The second-order valence-electron chi connectivity index (χ2n) is 5.30. The first-order chi connectivity index (χ1) is 9.61. The second kappa shape index (κ2) is 5.23. The number of methoxy groups -OCH3 is 1. The smallest absolute Gasteiger partial charge is 0.125 e. The highest BCUT2D eigenvalue weighted by molar-refractivity contribution is 9.10. The van der Waals surface area contributed by atoms with Crippen LogP contribution in [0.1, 0.15) is 34.3 Å². The molecule has 0 heterocycles. The lowest BCUT2D eigenvalue weighted by molar-refractivity contribution is 0.131. The zero-order valence-electron chi connectivity index (χ0n) is 11.6. The minimum Gasteiger partial charge on any atom is -0.496 e. The predicted octanol–water partition coefficient (Wildman–Crippen LogP) is 4.14. The molecule has 0 spiro atoms. The van der Waals surface area contributed by atoms with Gasteiger partial charge in [-0.3, -0.25) is 0 Å².